The summed E-state index contributed by atoms with van der Waals surface area (Å²) < 4.78 is 0. The number of hydrogen-bond acceptors (Lipinski definition) is 5. The maximum Gasteiger partial charge on any atom is 0.326 e. The van der Waals surface area contributed by atoms with Gasteiger partial charge >= 0.3 is 5.97 Å². The molecule has 0 amide bonds. The Labute approximate surface area is 104 Å². The minimum atomic E-state index is -0.967. The van der Waals surface area contributed by atoms with E-state index in [2.05, 4.69) is 20.6 Å². The quantitative estimate of drug-likeness (QED) is 0.253. The summed E-state index contributed by atoms with van der Waals surface area (Å²) in [4.78, 5) is 18.8. The lowest BCUT2D eigenvalue weighted by molar-refractivity contribution is -0.138. The van der Waals surface area contributed by atoms with E-state index in [1.165, 1.54) is 12.4 Å². The molecular formula is C10H16N6O2. The van der Waals surface area contributed by atoms with Gasteiger partial charge in [0.05, 0.1) is 0 Å². The Hall–Kier alpha value is -2.38. The van der Waals surface area contributed by atoms with Crippen LogP contribution in [0.5, 0.6) is 0 Å². The third-order valence-electron chi connectivity index (χ3n) is 2.15. The predicted molar refractivity (Wildman–Crippen MR) is 66.2 cm³/mol. The van der Waals surface area contributed by atoms with Crippen molar-refractivity contribution in [3.63, 3.8) is 0 Å². The largest absolute Gasteiger partial charge is 0.480 e. The lowest BCUT2D eigenvalue weighted by Crippen LogP contribution is -2.34. The first-order valence-electron chi connectivity index (χ1n) is 5.44. The second-order valence-electron chi connectivity index (χ2n) is 3.59. The summed E-state index contributed by atoms with van der Waals surface area (Å²) in [5, 5.41) is 21.3. The maximum absolute atomic E-state index is 11.0. The van der Waals surface area contributed by atoms with E-state index in [4.69, 9.17) is 16.2 Å². The first kappa shape index (κ1) is 13.7. The van der Waals surface area contributed by atoms with Gasteiger partial charge in [0.15, 0.2) is 5.96 Å². The molecule has 6 N–H and O–H groups in total. The molecule has 0 aliphatic heterocycles. The van der Waals surface area contributed by atoms with Gasteiger partial charge in [0.25, 0.3) is 0 Å². The van der Waals surface area contributed by atoms with E-state index >= 15 is 0 Å². The van der Waals surface area contributed by atoms with E-state index in [9.17, 15) is 4.79 Å². The smallest absolute Gasteiger partial charge is 0.326 e. The fourth-order valence-electron chi connectivity index (χ4n) is 1.32. The van der Waals surface area contributed by atoms with E-state index in [1.54, 1.807) is 6.07 Å². The first-order chi connectivity index (χ1) is 8.59. The Kier molecular flexibility index (Phi) is 5.36. The van der Waals surface area contributed by atoms with Crippen LogP contribution in [0.3, 0.4) is 0 Å². The summed E-state index contributed by atoms with van der Waals surface area (Å²) in [7, 11) is 0. The lowest BCUT2D eigenvalue weighted by Gasteiger charge is -2.14. The van der Waals surface area contributed by atoms with Gasteiger partial charge in [-0.1, -0.05) is 0 Å². The highest BCUT2D eigenvalue weighted by Crippen LogP contribution is 2.04. The number of carboxylic acids is 1. The maximum atomic E-state index is 11.0. The molecule has 1 heterocycles. The molecule has 0 radical (unpaired) electrons. The highest BCUT2D eigenvalue weighted by Gasteiger charge is 2.17. The number of aromatic nitrogens is 2. The second kappa shape index (κ2) is 7.05. The molecule has 0 bridgehead atoms. The van der Waals surface area contributed by atoms with Crippen molar-refractivity contribution in [3.8, 4) is 0 Å². The number of anilines is 1. The van der Waals surface area contributed by atoms with E-state index in [1.807, 2.05) is 0 Å². The molecule has 8 heteroatoms. The van der Waals surface area contributed by atoms with Crippen molar-refractivity contribution in [2.45, 2.75) is 18.9 Å². The van der Waals surface area contributed by atoms with Crippen molar-refractivity contribution in [2.24, 2.45) is 5.73 Å². The number of carbonyl (C=O) groups is 1. The summed E-state index contributed by atoms with van der Waals surface area (Å²) >= 11 is 0. The average Bonchev–Trinajstić information content (AvgIpc) is 2.33. The number of carboxylic acid groups (broad SMARTS) is 1. The number of nitrogens with zero attached hydrogens (tertiary/aromatic N) is 2. The topological polar surface area (TPSA) is 137 Å². The van der Waals surface area contributed by atoms with Gasteiger partial charge in [-0.25, -0.2) is 14.8 Å². The Balaban J connectivity index is 2.41. The van der Waals surface area contributed by atoms with Crippen LogP contribution < -0.4 is 16.4 Å². The molecule has 0 aliphatic carbocycles. The number of nitrogens with one attached hydrogen (secondary N) is 3. The number of aliphatic carboxylic acids is 1. The molecular weight excluding hydrogens is 236 g/mol. The van der Waals surface area contributed by atoms with Crippen LogP contribution in [0.2, 0.25) is 0 Å². The standard InChI is InChI=1S/C10H16N6O2/c11-9(12)13-4-1-3-7(8(17)18)16-10-14-5-2-6-15-10/h2,5-7H,1,3-4H2,(H,17,18)(H4,11,12,13)(H,14,15,16). The highest BCUT2D eigenvalue weighted by molar-refractivity contribution is 5.76. The summed E-state index contributed by atoms with van der Waals surface area (Å²) in [6, 6.07) is 0.888. The van der Waals surface area contributed by atoms with Crippen LogP contribution in [0.1, 0.15) is 12.8 Å². The number of guanidine groups is 1. The van der Waals surface area contributed by atoms with E-state index in [0.29, 0.717) is 19.4 Å². The monoisotopic (exact) mass is 252 g/mol. The number of rotatable bonds is 7. The van der Waals surface area contributed by atoms with E-state index in [-0.39, 0.29) is 11.9 Å². The van der Waals surface area contributed by atoms with Gasteiger partial charge in [-0.2, -0.15) is 0 Å². The van der Waals surface area contributed by atoms with Gasteiger partial charge in [-0.3, -0.25) is 5.41 Å². The van der Waals surface area contributed by atoms with Crippen LogP contribution in [-0.4, -0.2) is 39.6 Å². The predicted octanol–water partition coefficient (Wildman–Crippen LogP) is -0.395. The van der Waals surface area contributed by atoms with Gasteiger partial charge in [0.1, 0.15) is 6.04 Å². The zero-order chi connectivity index (χ0) is 13.4. The van der Waals surface area contributed by atoms with Gasteiger partial charge < -0.3 is 21.5 Å². The molecule has 18 heavy (non-hydrogen) atoms. The van der Waals surface area contributed by atoms with Crippen LogP contribution >= 0.6 is 0 Å². The fraction of sp³-hybridized carbons (Fsp3) is 0.400. The molecule has 0 fully saturated rings. The van der Waals surface area contributed by atoms with Gasteiger partial charge in [-0.15, -0.1) is 0 Å². The third-order valence-corrected chi connectivity index (χ3v) is 2.15. The van der Waals surface area contributed by atoms with Gasteiger partial charge in [-0.05, 0) is 18.9 Å². The Morgan fingerprint density at radius 1 is 1.50 bits per heavy atom. The molecule has 1 unspecified atom stereocenters. The van der Waals surface area contributed by atoms with Crippen LogP contribution in [0.25, 0.3) is 0 Å². The molecule has 0 spiro atoms. The van der Waals surface area contributed by atoms with Crippen molar-refractivity contribution in [3.05, 3.63) is 18.5 Å². The van der Waals surface area contributed by atoms with E-state index in [0.717, 1.165) is 0 Å². The van der Waals surface area contributed by atoms with Crippen molar-refractivity contribution in [2.75, 3.05) is 11.9 Å². The van der Waals surface area contributed by atoms with E-state index < -0.39 is 12.0 Å². The molecule has 1 rings (SSSR count). The van der Waals surface area contributed by atoms with Crippen LogP contribution in [-0.2, 0) is 4.79 Å². The molecule has 8 nitrogen and oxygen atoms in total. The molecule has 1 atom stereocenters. The Bertz CT molecular complexity index is 397. The SMILES string of the molecule is N=C(N)NCCCC(Nc1ncccn1)C(=O)O. The molecule has 0 aliphatic rings. The molecule has 0 saturated heterocycles. The van der Waals surface area contributed by atoms with Gasteiger partial charge in [0.2, 0.25) is 5.95 Å². The zero-order valence-corrected chi connectivity index (χ0v) is 9.76. The van der Waals surface area contributed by atoms with Gasteiger partial charge in [0, 0.05) is 18.9 Å². The van der Waals surface area contributed by atoms with Crippen LogP contribution in [0.15, 0.2) is 18.5 Å². The third kappa shape index (κ3) is 5.10. The molecule has 1 aromatic heterocycles. The Morgan fingerprint density at radius 2 is 2.17 bits per heavy atom. The normalized spacial score (nSPS) is 11.6. The van der Waals surface area contributed by atoms with Crippen LogP contribution in [0.4, 0.5) is 5.95 Å². The highest BCUT2D eigenvalue weighted by atomic mass is 16.4. The minimum absolute atomic E-state index is 0.124. The lowest BCUT2D eigenvalue weighted by atomic mass is 10.1. The van der Waals surface area contributed by atoms with Crippen molar-refractivity contribution in [1.29, 1.82) is 5.41 Å². The first-order valence-corrected chi connectivity index (χ1v) is 5.44. The Morgan fingerprint density at radius 3 is 2.72 bits per heavy atom. The van der Waals surface area contributed by atoms with Crippen molar-refractivity contribution in [1.82, 2.24) is 15.3 Å². The molecule has 98 valence electrons. The number of nitrogens with two attached hydrogens (primary N) is 1. The molecule has 0 saturated carbocycles. The summed E-state index contributed by atoms with van der Waals surface area (Å²) in [5.41, 5.74) is 5.11. The number of hydrogen-bond donors (Lipinski definition) is 5. The summed E-state index contributed by atoms with van der Waals surface area (Å²) in [6.45, 7) is 0.455. The zero-order valence-electron chi connectivity index (χ0n) is 9.76. The van der Waals surface area contributed by atoms with Crippen molar-refractivity contribution < 1.29 is 9.90 Å². The minimum Gasteiger partial charge on any atom is -0.480 e. The fourth-order valence-corrected chi connectivity index (χ4v) is 1.32. The van der Waals surface area contributed by atoms with Crippen LogP contribution in [0, 0.1) is 5.41 Å². The molecule has 0 aromatic carbocycles. The van der Waals surface area contributed by atoms with Crippen molar-refractivity contribution >= 4 is 17.9 Å². The molecule has 1 aromatic rings. The summed E-state index contributed by atoms with van der Waals surface area (Å²) in [5.74, 6) is -0.809. The average molecular weight is 252 g/mol. The summed E-state index contributed by atoms with van der Waals surface area (Å²) in [6.07, 6.45) is 4.02. The second-order valence-corrected chi connectivity index (χ2v) is 3.59.